The lowest BCUT2D eigenvalue weighted by Crippen LogP contribution is -2.48. The summed E-state index contributed by atoms with van der Waals surface area (Å²) in [6.07, 6.45) is -2.18. The van der Waals surface area contributed by atoms with Gasteiger partial charge in [0.2, 0.25) is 0 Å². The molecule has 4 heterocycles. The van der Waals surface area contributed by atoms with E-state index in [0.29, 0.717) is 23.9 Å². The summed E-state index contributed by atoms with van der Waals surface area (Å²) in [5, 5.41) is 2.99. The Balaban J connectivity index is 1.58. The van der Waals surface area contributed by atoms with E-state index >= 15 is 0 Å². The number of anilines is 3. The van der Waals surface area contributed by atoms with Gasteiger partial charge in [-0.1, -0.05) is 29.8 Å². The Morgan fingerprint density at radius 1 is 1.16 bits per heavy atom. The van der Waals surface area contributed by atoms with Crippen molar-refractivity contribution in [3.05, 3.63) is 65.3 Å². The number of amides is 2. The summed E-state index contributed by atoms with van der Waals surface area (Å²) >= 11 is 6.46. The maximum Gasteiger partial charge on any atom is 0.416 e. The fourth-order valence-corrected chi connectivity index (χ4v) is 4.39. The topological polar surface area (TPSA) is 61.4 Å². The van der Waals surface area contributed by atoms with Gasteiger partial charge in [-0.05, 0) is 36.8 Å². The van der Waals surface area contributed by atoms with Crippen LogP contribution in [0.5, 0.6) is 0 Å². The second-order valence-corrected chi connectivity index (χ2v) is 8.05. The number of carbonyl (C=O) groups excluding carboxylic acids is 1. The number of hydrogen-bond donors (Lipinski definition) is 1. The predicted molar refractivity (Wildman–Crippen MR) is 116 cm³/mol. The van der Waals surface area contributed by atoms with Crippen molar-refractivity contribution in [2.24, 2.45) is 0 Å². The first-order chi connectivity index (χ1) is 15.3. The molecule has 1 aromatic carbocycles. The predicted octanol–water partition coefficient (Wildman–Crippen LogP) is 5.45. The van der Waals surface area contributed by atoms with Crippen molar-refractivity contribution in [2.45, 2.75) is 18.6 Å². The molecule has 2 aromatic heterocycles. The third-order valence-corrected chi connectivity index (χ3v) is 5.90. The molecule has 1 fully saturated rings. The number of alkyl halides is 3. The third-order valence-electron chi connectivity index (χ3n) is 5.62. The summed E-state index contributed by atoms with van der Waals surface area (Å²) in [5.41, 5.74) is 0.301. The SMILES string of the molecule is O=C(Nc1ccccn1)N1c2nc(-c3cccc(C(F)(F)F)c3)c(Cl)cc2N2CCC1C2. The van der Waals surface area contributed by atoms with E-state index in [1.54, 1.807) is 35.4 Å². The first-order valence-corrected chi connectivity index (χ1v) is 10.3. The quantitative estimate of drug-likeness (QED) is 0.554. The minimum atomic E-state index is -4.49. The lowest BCUT2D eigenvalue weighted by Gasteiger charge is -2.36. The molecule has 2 aliphatic rings. The van der Waals surface area contributed by atoms with Crippen molar-refractivity contribution < 1.29 is 18.0 Å². The van der Waals surface area contributed by atoms with Crippen LogP contribution < -0.4 is 15.1 Å². The average molecular weight is 460 g/mol. The van der Waals surface area contributed by atoms with Gasteiger partial charge in [0.25, 0.3) is 0 Å². The molecule has 0 aliphatic carbocycles. The number of halogens is 4. The van der Waals surface area contributed by atoms with Crippen LogP contribution in [0.25, 0.3) is 11.3 Å². The molecule has 1 atom stereocenters. The minimum Gasteiger partial charge on any atom is -0.366 e. The zero-order chi connectivity index (χ0) is 22.5. The van der Waals surface area contributed by atoms with Crippen molar-refractivity contribution in [1.82, 2.24) is 9.97 Å². The number of fused-ring (bicyclic) bond motifs is 4. The van der Waals surface area contributed by atoms with Gasteiger partial charge in [-0.25, -0.2) is 14.8 Å². The average Bonchev–Trinajstić information content (AvgIpc) is 3.19. The highest BCUT2D eigenvalue weighted by Crippen LogP contribution is 2.43. The number of nitrogens with zero attached hydrogens (tertiary/aromatic N) is 4. The lowest BCUT2D eigenvalue weighted by molar-refractivity contribution is -0.137. The van der Waals surface area contributed by atoms with Crippen molar-refractivity contribution in [1.29, 1.82) is 0 Å². The number of rotatable bonds is 2. The molecule has 2 bridgehead atoms. The molecule has 1 N–H and O–H groups in total. The van der Waals surface area contributed by atoms with Gasteiger partial charge >= 0.3 is 12.2 Å². The maximum absolute atomic E-state index is 13.2. The Bertz CT molecular complexity index is 1190. The van der Waals surface area contributed by atoms with Crippen LogP contribution >= 0.6 is 11.6 Å². The number of carbonyl (C=O) groups is 1. The van der Waals surface area contributed by atoms with Crippen LogP contribution in [0.2, 0.25) is 5.02 Å². The normalized spacial score (nSPS) is 17.3. The summed E-state index contributed by atoms with van der Waals surface area (Å²) < 4.78 is 39.6. The molecule has 32 heavy (non-hydrogen) atoms. The third kappa shape index (κ3) is 3.62. The molecular formula is C22H17ClF3N5O. The van der Waals surface area contributed by atoms with Crippen LogP contribution in [0.4, 0.5) is 35.3 Å². The van der Waals surface area contributed by atoms with Crippen LogP contribution in [0.1, 0.15) is 12.0 Å². The number of pyridine rings is 2. The standard InChI is InChI=1S/C22H17ClF3N5O/c23-16-11-17-20(29-19(16)13-4-3-5-14(10-13)22(24,25)26)31(15-7-9-30(17)12-15)21(32)28-18-6-1-2-8-27-18/h1-6,8,10-11,15H,7,9,12H2,(H,27,28,32). The number of urea groups is 1. The van der Waals surface area contributed by atoms with E-state index in [2.05, 4.69) is 20.2 Å². The second kappa shape index (κ2) is 7.67. The van der Waals surface area contributed by atoms with Crippen LogP contribution in [0.3, 0.4) is 0 Å². The van der Waals surface area contributed by atoms with E-state index in [1.165, 1.54) is 12.1 Å². The largest absolute Gasteiger partial charge is 0.416 e. The molecule has 0 spiro atoms. The summed E-state index contributed by atoms with van der Waals surface area (Å²) in [6, 6.07) is 11.2. The smallest absolute Gasteiger partial charge is 0.366 e. The molecule has 6 nitrogen and oxygen atoms in total. The van der Waals surface area contributed by atoms with Gasteiger partial charge in [-0.3, -0.25) is 10.2 Å². The summed E-state index contributed by atoms with van der Waals surface area (Å²) in [5.74, 6) is 0.760. The van der Waals surface area contributed by atoms with Gasteiger partial charge < -0.3 is 4.90 Å². The molecule has 164 valence electrons. The zero-order valence-corrected chi connectivity index (χ0v) is 17.4. The Morgan fingerprint density at radius 2 is 2.00 bits per heavy atom. The number of benzene rings is 1. The van der Waals surface area contributed by atoms with E-state index < -0.39 is 17.8 Å². The minimum absolute atomic E-state index is 0.116. The molecule has 0 saturated carbocycles. The molecular weight excluding hydrogens is 443 g/mol. The van der Waals surface area contributed by atoms with Crippen molar-refractivity contribution in [3.8, 4) is 11.3 Å². The molecule has 3 aromatic rings. The van der Waals surface area contributed by atoms with E-state index in [-0.39, 0.29) is 22.3 Å². The molecule has 10 heteroatoms. The summed E-state index contributed by atoms with van der Waals surface area (Å²) in [6.45, 7) is 1.36. The number of nitrogens with one attached hydrogen (secondary N) is 1. The van der Waals surface area contributed by atoms with Crippen molar-refractivity contribution >= 4 is 35.0 Å². The zero-order valence-electron chi connectivity index (χ0n) is 16.6. The van der Waals surface area contributed by atoms with Gasteiger partial charge in [0.1, 0.15) is 5.82 Å². The van der Waals surface area contributed by atoms with Gasteiger partial charge in [-0.15, -0.1) is 0 Å². The molecule has 1 saturated heterocycles. The molecule has 5 rings (SSSR count). The van der Waals surface area contributed by atoms with Gasteiger partial charge in [0.05, 0.1) is 28.0 Å². The van der Waals surface area contributed by atoms with E-state index in [4.69, 9.17) is 11.6 Å². The van der Waals surface area contributed by atoms with Crippen LogP contribution in [0, 0.1) is 0 Å². The number of hydrogen-bond acceptors (Lipinski definition) is 4. The lowest BCUT2D eigenvalue weighted by atomic mass is 10.1. The van der Waals surface area contributed by atoms with E-state index in [0.717, 1.165) is 25.1 Å². The van der Waals surface area contributed by atoms with Crippen LogP contribution in [-0.4, -0.2) is 35.1 Å². The first kappa shape index (κ1) is 20.6. The van der Waals surface area contributed by atoms with Crippen LogP contribution in [0.15, 0.2) is 54.7 Å². The fraction of sp³-hybridized carbons (Fsp3) is 0.227. The van der Waals surface area contributed by atoms with Crippen LogP contribution in [-0.2, 0) is 6.18 Å². The monoisotopic (exact) mass is 459 g/mol. The Hall–Kier alpha value is -3.33. The second-order valence-electron chi connectivity index (χ2n) is 7.64. The van der Waals surface area contributed by atoms with E-state index in [9.17, 15) is 18.0 Å². The Labute approximate surface area is 186 Å². The summed E-state index contributed by atoms with van der Waals surface area (Å²) in [7, 11) is 0. The summed E-state index contributed by atoms with van der Waals surface area (Å²) in [4.78, 5) is 25.5. The van der Waals surface area contributed by atoms with Gasteiger partial charge in [-0.2, -0.15) is 13.2 Å². The Morgan fingerprint density at radius 3 is 2.75 bits per heavy atom. The van der Waals surface area contributed by atoms with E-state index in [1.807, 2.05) is 0 Å². The maximum atomic E-state index is 13.2. The number of aromatic nitrogens is 2. The molecule has 1 unspecified atom stereocenters. The highest BCUT2D eigenvalue weighted by atomic mass is 35.5. The highest BCUT2D eigenvalue weighted by Gasteiger charge is 2.41. The Kier molecular flexibility index (Phi) is 4.93. The molecule has 2 aliphatic heterocycles. The fourth-order valence-electron chi connectivity index (χ4n) is 4.14. The molecule has 2 amide bonds. The van der Waals surface area contributed by atoms with Crippen molar-refractivity contribution in [2.75, 3.05) is 28.2 Å². The van der Waals surface area contributed by atoms with Crippen molar-refractivity contribution in [3.63, 3.8) is 0 Å². The first-order valence-electron chi connectivity index (χ1n) is 9.95. The van der Waals surface area contributed by atoms with Gasteiger partial charge in [0, 0.05) is 24.8 Å². The molecule has 0 radical (unpaired) electrons. The van der Waals surface area contributed by atoms with Gasteiger partial charge in [0.15, 0.2) is 5.82 Å². The highest BCUT2D eigenvalue weighted by molar-refractivity contribution is 6.33.